The van der Waals surface area contributed by atoms with E-state index in [1.807, 2.05) is 84.8 Å². The van der Waals surface area contributed by atoms with Gasteiger partial charge in [0.15, 0.2) is 0 Å². The molecule has 43 heavy (non-hydrogen) atoms. The normalized spacial score (nSPS) is 23.5. The molecule has 2 bridgehead atoms. The number of amides is 4. The first-order valence-electron chi connectivity index (χ1n) is 15.7. The summed E-state index contributed by atoms with van der Waals surface area (Å²) in [5.41, 5.74) is 0.884. The predicted molar refractivity (Wildman–Crippen MR) is 168 cm³/mol. The Kier molecular flexibility index (Phi) is 12.2. The van der Waals surface area contributed by atoms with Crippen LogP contribution in [0.5, 0.6) is 5.75 Å². The number of hydrogen-bond acceptors (Lipinski definition) is 6. The summed E-state index contributed by atoms with van der Waals surface area (Å²) in [7, 11) is 3.73. The molecule has 3 heterocycles. The number of likely N-dealkylation sites (N-methyl/N-ethyl adjacent to an activating group) is 1. The summed E-state index contributed by atoms with van der Waals surface area (Å²) in [5, 5.41) is 8.78. The molecule has 1 saturated heterocycles. The van der Waals surface area contributed by atoms with Crippen molar-refractivity contribution >= 4 is 29.7 Å². The van der Waals surface area contributed by atoms with Crippen LogP contribution in [0.2, 0.25) is 0 Å². The molecule has 7 atom stereocenters. The summed E-state index contributed by atoms with van der Waals surface area (Å²) < 4.78 is 6.32. The van der Waals surface area contributed by atoms with Gasteiger partial charge in [0, 0.05) is 19.2 Å². The Bertz CT molecular complexity index is 1150. The first kappa shape index (κ1) is 34.1. The number of ether oxygens (including phenoxy) is 1. The predicted octanol–water partition coefficient (Wildman–Crippen LogP) is 3.17. The lowest BCUT2D eigenvalue weighted by Crippen LogP contribution is -2.60. The highest BCUT2D eigenvalue weighted by molar-refractivity contribution is 5.96. The Balaban J connectivity index is 1.98. The van der Waals surface area contributed by atoms with Gasteiger partial charge in [0.1, 0.15) is 30.0 Å². The van der Waals surface area contributed by atoms with Crippen LogP contribution >= 0.6 is 0 Å². The van der Waals surface area contributed by atoms with Crippen molar-refractivity contribution in [2.75, 3.05) is 20.6 Å². The molecular weight excluding hydrogens is 546 g/mol. The lowest BCUT2D eigenvalue weighted by molar-refractivity contribution is -0.144. The smallest absolute Gasteiger partial charge is 0.247 e. The molecule has 10 nitrogen and oxygen atoms in total. The van der Waals surface area contributed by atoms with Crippen molar-refractivity contribution in [3.8, 4) is 5.75 Å². The molecule has 3 aliphatic heterocycles. The summed E-state index contributed by atoms with van der Waals surface area (Å²) in [6, 6.07) is 4.38. The highest BCUT2D eigenvalue weighted by Crippen LogP contribution is 2.27. The second-order valence-corrected chi connectivity index (χ2v) is 12.7. The van der Waals surface area contributed by atoms with Gasteiger partial charge in [-0.2, -0.15) is 0 Å². The van der Waals surface area contributed by atoms with E-state index in [2.05, 4.69) is 16.0 Å². The summed E-state index contributed by atoms with van der Waals surface area (Å²) >= 11 is 0. The molecule has 1 aromatic carbocycles. The van der Waals surface area contributed by atoms with E-state index >= 15 is 0 Å². The second kappa shape index (κ2) is 15.4. The second-order valence-electron chi connectivity index (χ2n) is 12.7. The Morgan fingerprint density at radius 1 is 1.05 bits per heavy atom. The van der Waals surface area contributed by atoms with E-state index in [9.17, 15) is 19.2 Å². The van der Waals surface area contributed by atoms with E-state index in [1.54, 1.807) is 12.3 Å². The lowest BCUT2D eigenvalue weighted by Gasteiger charge is -2.34. The van der Waals surface area contributed by atoms with Crippen molar-refractivity contribution in [3.63, 3.8) is 0 Å². The molecule has 3 aliphatic rings. The van der Waals surface area contributed by atoms with Crippen LogP contribution in [0.15, 0.2) is 30.5 Å². The third-order valence-electron chi connectivity index (χ3n) is 8.69. The Hall–Kier alpha value is -3.40. The van der Waals surface area contributed by atoms with E-state index in [-0.39, 0.29) is 42.0 Å². The SMILES string of the molecule is CC[C@@H](C)[C@@H](C(=O)N[C@@H](CC(C)C)C(=O)N1CC[C@H]2Oc3ccc(cc3)C=CNC(=O)[C@H]([C@@H](C)CC)NC(=O)[C@@H]21)N(C)C. The van der Waals surface area contributed by atoms with E-state index in [1.165, 1.54) is 4.90 Å². The fraction of sp³-hybridized carbons (Fsp3) is 0.636. The number of hydrogen-bond donors (Lipinski definition) is 3. The van der Waals surface area contributed by atoms with Crippen LogP contribution in [0.4, 0.5) is 0 Å². The van der Waals surface area contributed by atoms with Crippen molar-refractivity contribution < 1.29 is 23.9 Å². The standard InChI is InChI=1S/C33H51N5O5/c1-9-21(5)27-30(39)34-17-15-23-11-13-24(14-12-23)43-26-16-18-38(29(26)32(41)36-27)33(42)25(19-20(3)4)35-31(40)28(37(7)8)22(6)10-2/h11-15,17,20-22,25-29H,9-10,16,18-19H2,1-8H3,(H,34,39)(H,35,40)(H,36,41)/t21-,22+,25-,26+,27-,28-,29+/m0/s1. The fourth-order valence-electron chi connectivity index (χ4n) is 5.90. The Morgan fingerprint density at radius 3 is 2.30 bits per heavy atom. The van der Waals surface area contributed by atoms with Crippen LogP contribution in [0.3, 0.4) is 0 Å². The highest BCUT2D eigenvalue weighted by atomic mass is 16.5. The van der Waals surface area contributed by atoms with Gasteiger partial charge in [-0.25, -0.2) is 0 Å². The summed E-state index contributed by atoms with van der Waals surface area (Å²) in [6.45, 7) is 12.2. The fourth-order valence-corrected chi connectivity index (χ4v) is 5.90. The lowest BCUT2D eigenvalue weighted by atomic mass is 9.95. The van der Waals surface area contributed by atoms with E-state index in [0.29, 0.717) is 25.0 Å². The number of likely N-dealkylation sites (tertiary alicyclic amines) is 1. The van der Waals surface area contributed by atoms with Gasteiger partial charge < -0.3 is 25.6 Å². The molecule has 1 fully saturated rings. The summed E-state index contributed by atoms with van der Waals surface area (Å²) in [6.07, 6.45) is 5.07. The van der Waals surface area contributed by atoms with Gasteiger partial charge in [-0.05, 0) is 62.0 Å². The molecule has 1 aromatic rings. The summed E-state index contributed by atoms with van der Waals surface area (Å²) in [5.74, 6) is -0.660. The quantitative estimate of drug-likeness (QED) is 0.381. The van der Waals surface area contributed by atoms with E-state index < -0.39 is 36.2 Å². The van der Waals surface area contributed by atoms with E-state index in [0.717, 1.165) is 12.0 Å². The third-order valence-corrected chi connectivity index (χ3v) is 8.69. The number of benzene rings is 1. The zero-order chi connectivity index (χ0) is 31.8. The van der Waals surface area contributed by atoms with Gasteiger partial charge in [-0.15, -0.1) is 0 Å². The van der Waals surface area contributed by atoms with Gasteiger partial charge in [-0.1, -0.05) is 66.5 Å². The molecule has 10 heteroatoms. The number of nitrogens with zero attached hydrogens (tertiary/aromatic N) is 2. The van der Waals surface area contributed by atoms with Crippen LogP contribution in [0.25, 0.3) is 6.08 Å². The maximum Gasteiger partial charge on any atom is 0.247 e. The third kappa shape index (κ3) is 8.59. The zero-order valence-electron chi connectivity index (χ0n) is 27.1. The maximum absolute atomic E-state index is 14.3. The van der Waals surface area contributed by atoms with E-state index in [4.69, 9.17) is 4.74 Å². The number of nitrogens with one attached hydrogen (secondary N) is 3. The topological polar surface area (TPSA) is 120 Å². The van der Waals surface area contributed by atoms with Crippen molar-refractivity contribution in [3.05, 3.63) is 36.0 Å². The average molecular weight is 598 g/mol. The molecule has 0 aromatic heterocycles. The first-order chi connectivity index (χ1) is 20.4. The Morgan fingerprint density at radius 2 is 1.72 bits per heavy atom. The van der Waals surface area contributed by atoms with Crippen LogP contribution in [-0.2, 0) is 19.2 Å². The molecule has 0 radical (unpaired) electrons. The molecular formula is C33H51N5O5. The number of fused-ring (bicyclic) bond motifs is 7. The maximum atomic E-state index is 14.3. The van der Waals surface area contributed by atoms with Gasteiger partial charge >= 0.3 is 0 Å². The Labute approximate surface area is 257 Å². The monoisotopic (exact) mass is 597 g/mol. The minimum atomic E-state index is -0.976. The van der Waals surface area contributed by atoms with Crippen LogP contribution in [0, 0.1) is 17.8 Å². The molecule has 4 amide bonds. The summed E-state index contributed by atoms with van der Waals surface area (Å²) in [4.78, 5) is 58.4. The largest absolute Gasteiger partial charge is 0.488 e. The number of carbonyl (C=O) groups is 4. The molecule has 0 unspecified atom stereocenters. The molecule has 0 aliphatic carbocycles. The van der Waals surface area contributed by atoms with Crippen molar-refractivity contribution in [2.45, 2.75) is 97.5 Å². The number of carbonyl (C=O) groups excluding carboxylic acids is 4. The number of rotatable bonds is 10. The van der Waals surface area contributed by atoms with Crippen molar-refractivity contribution in [2.24, 2.45) is 17.8 Å². The zero-order valence-corrected chi connectivity index (χ0v) is 27.1. The van der Waals surface area contributed by atoms with Crippen LogP contribution < -0.4 is 20.7 Å². The minimum absolute atomic E-state index is 0.0876. The molecule has 238 valence electrons. The first-order valence-corrected chi connectivity index (χ1v) is 15.7. The van der Waals surface area contributed by atoms with Crippen molar-refractivity contribution in [1.29, 1.82) is 0 Å². The van der Waals surface area contributed by atoms with Crippen molar-refractivity contribution in [1.82, 2.24) is 25.8 Å². The van der Waals surface area contributed by atoms with Gasteiger partial charge in [0.25, 0.3) is 0 Å². The van der Waals surface area contributed by atoms with Gasteiger partial charge in [-0.3, -0.25) is 24.1 Å². The molecule has 0 saturated carbocycles. The minimum Gasteiger partial charge on any atom is -0.488 e. The van der Waals surface area contributed by atoms with Crippen LogP contribution in [-0.4, -0.2) is 84.3 Å². The van der Waals surface area contributed by atoms with Gasteiger partial charge in [0.05, 0.1) is 6.04 Å². The van der Waals surface area contributed by atoms with Crippen LogP contribution in [0.1, 0.15) is 72.8 Å². The molecule has 3 N–H and O–H groups in total. The molecule has 0 spiro atoms. The highest BCUT2D eigenvalue weighted by Gasteiger charge is 2.47. The molecule has 4 rings (SSSR count). The average Bonchev–Trinajstić information content (AvgIpc) is 3.38. The van der Waals surface area contributed by atoms with Gasteiger partial charge in [0.2, 0.25) is 23.6 Å².